The van der Waals surface area contributed by atoms with Crippen LogP contribution in [-0.4, -0.2) is 23.5 Å². The molecule has 0 amide bonds. The third-order valence-electron chi connectivity index (χ3n) is 3.00. The molecular weight excluding hydrogens is 252 g/mol. The number of aromatic nitrogens is 2. The zero-order valence-electron chi connectivity index (χ0n) is 10.8. The van der Waals surface area contributed by atoms with Crippen LogP contribution in [0.3, 0.4) is 0 Å². The van der Waals surface area contributed by atoms with E-state index in [-0.39, 0.29) is 5.03 Å². The number of rotatable bonds is 6. The highest BCUT2D eigenvalue weighted by atomic mass is 32.2. The van der Waals surface area contributed by atoms with Crippen molar-refractivity contribution in [3.05, 3.63) is 12.5 Å². The molecule has 7 heteroatoms. The van der Waals surface area contributed by atoms with Gasteiger partial charge in [0.25, 0.3) is 10.0 Å². The lowest BCUT2D eigenvalue weighted by atomic mass is 9.97. The van der Waals surface area contributed by atoms with Gasteiger partial charge in [0.2, 0.25) is 0 Å². The van der Waals surface area contributed by atoms with E-state index in [1.54, 1.807) is 18.4 Å². The van der Waals surface area contributed by atoms with Gasteiger partial charge in [-0.2, -0.15) is 9.98 Å². The van der Waals surface area contributed by atoms with Gasteiger partial charge in [0.15, 0.2) is 5.03 Å². The van der Waals surface area contributed by atoms with E-state index in [0.717, 1.165) is 0 Å². The average molecular weight is 270 g/mol. The molecule has 0 aromatic carbocycles. The predicted octanol–water partition coefficient (Wildman–Crippen LogP) is 1.26. The summed E-state index contributed by atoms with van der Waals surface area (Å²) in [5.74, 6) is 0. The molecule has 1 N–H and O–H groups in total. The highest BCUT2D eigenvalue weighted by Crippen LogP contribution is 2.18. The summed E-state index contributed by atoms with van der Waals surface area (Å²) in [5.41, 5.74) is -1.06. The smallest absolute Gasteiger partial charge is 0.260 e. The third kappa shape index (κ3) is 2.89. The first-order valence-electron chi connectivity index (χ1n) is 5.90. The second-order valence-electron chi connectivity index (χ2n) is 4.05. The number of nitrogens with zero attached hydrogens (tertiary/aromatic N) is 3. The summed E-state index contributed by atoms with van der Waals surface area (Å²) in [5, 5.41) is 9.09. The van der Waals surface area contributed by atoms with Crippen LogP contribution >= 0.6 is 0 Å². The molecule has 0 aliphatic carbocycles. The van der Waals surface area contributed by atoms with Crippen LogP contribution in [0.5, 0.6) is 0 Å². The first-order valence-corrected chi connectivity index (χ1v) is 7.38. The van der Waals surface area contributed by atoms with Crippen molar-refractivity contribution in [3.8, 4) is 6.07 Å². The maximum Gasteiger partial charge on any atom is 0.260 e. The maximum absolute atomic E-state index is 12.1. The van der Waals surface area contributed by atoms with Crippen molar-refractivity contribution < 1.29 is 8.42 Å². The molecule has 0 spiro atoms. The Morgan fingerprint density at radius 1 is 1.44 bits per heavy atom. The van der Waals surface area contributed by atoms with Crippen LogP contribution < -0.4 is 4.72 Å². The van der Waals surface area contributed by atoms with Crippen LogP contribution in [0, 0.1) is 11.3 Å². The first-order chi connectivity index (χ1) is 8.43. The molecule has 1 aromatic rings. The zero-order chi connectivity index (χ0) is 13.8. The lowest BCUT2D eigenvalue weighted by molar-refractivity contribution is 0.445. The van der Waals surface area contributed by atoms with Crippen LogP contribution in [-0.2, 0) is 16.6 Å². The summed E-state index contributed by atoms with van der Waals surface area (Å²) in [6, 6.07) is 2.04. The molecule has 1 aromatic heterocycles. The van der Waals surface area contributed by atoms with Gasteiger partial charge in [-0.25, -0.2) is 13.4 Å². The standard InChI is InChI=1S/C11H18N4O2S/c1-4-11(5-2,8-12)14-18(16,17)10-7-15(6-3)9-13-10/h7,9,14H,4-6H2,1-3H3. The summed E-state index contributed by atoms with van der Waals surface area (Å²) >= 11 is 0. The Morgan fingerprint density at radius 3 is 2.44 bits per heavy atom. The molecule has 0 saturated heterocycles. The molecule has 6 nitrogen and oxygen atoms in total. The number of aryl methyl sites for hydroxylation is 1. The Labute approximate surface area is 108 Å². The van der Waals surface area contributed by atoms with Gasteiger partial charge in [0.05, 0.1) is 12.4 Å². The van der Waals surface area contributed by atoms with Gasteiger partial charge < -0.3 is 4.57 Å². The van der Waals surface area contributed by atoms with Gasteiger partial charge in [0, 0.05) is 12.7 Å². The minimum Gasteiger partial charge on any atom is -0.336 e. The van der Waals surface area contributed by atoms with E-state index in [2.05, 4.69) is 9.71 Å². The number of nitriles is 1. The van der Waals surface area contributed by atoms with E-state index in [4.69, 9.17) is 5.26 Å². The molecule has 0 bridgehead atoms. The largest absolute Gasteiger partial charge is 0.336 e. The number of hydrogen-bond donors (Lipinski definition) is 1. The van der Waals surface area contributed by atoms with Gasteiger partial charge in [-0.3, -0.25) is 0 Å². The van der Waals surface area contributed by atoms with Crippen molar-refractivity contribution >= 4 is 10.0 Å². The second-order valence-corrected chi connectivity index (χ2v) is 5.68. The number of hydrogen-bond acceptors (Lipinski definition) is 4. The number of nitrogens with one attached hydrogen (secondary N) is 1. The lowest BCUT2D eigenvalue weighted by Gasteiger charge is -2.23. The van der Waals surface area contributed by atoms with Crippen molar-refractivity contribution in [2.24, 2.45) is 0 Å². The molecule has 0 aliphatic heterocycles. The maximum atomic E-state index is 12.1. The third-order valence-corrected chi connectivity index (χ3v) is 4.42. The van der Waals surface area contributed by atoms with Gasteiger partial charge in [-0.1, -0.05) is 13.8 Å². The molecule has 18 heavy (non-hydrogen) atoms. The van der Waals surface area contributed by atoms with Crippen molar-refractivity contribution in [2.45, 2.75) is 50.7 Å². The Morgan fingerprint density at radius 2 is 2.06 bits per heavy atom. The van der Waals surface area contributed by atoms with Crippen LogP contribution in [0.4, 0.5) is 0 Å². The van der Waals surface area contributed by atoms with Gasteiger partial charge in [-0.15, -0.1) is 0 Å². The highest BCUT2D eigenvalue weighted by molar-refractivity contribution is 7.89. The fourth-order valence-electron chi connectivity index (χ4n) is 1.54. The van der Waals surface area contributed by atoms with Crippen molar-refractivity contribution in [1.29, 1.82) is 5.26 Å². The van der Waals surface area contributed by atoms with E-state index in [9.17, 15) is 8.42 Å². The second kappa shape index (κ2) is 5.50. The Balaban J connectivity index is 3.05. The molecule has 1 heterocycles. The van der Waals surface area contributed by atoms with Crippen LogP contribution in [0.25, 0.3) is 0 Å². The normalized spacial score (nSPS) is 12.3. The minimum atomic E-state index is -3.75. The highest BCUT2D eigenvalue weighted by Gasteiger charge is 2.33. The van der Waals surface area contributed by atoms with E-state index in [0.29, 0.717) is 19.4 Å². The topological polar surface area (TPSA) is 87.8 Å². The fourth-order valence-corrected chi connectivity index (χ4v) is 2.95. The van der Waals surface area contributed by atoms with Gasteiger partial charge in [-0.05, 0) is 19.8 Å². The monoisotopic (exact) mass is 270 g/mol. The van der Waals surface area contributed by atoms with Crippen molar-refractivity contribution in [1.82, 2.24) is 14.3 Å². The lowest BCUT2D eigenvalue weighted by Crippen LogP contribution is -2.46. The molecule has 1 rings (SSSR count). The van der Waals surface area contributed by atoms with E-state index in [1.165, 1.54) is 12.5 Å². The summed E-state index contributed by atoms with van der Waals surface area (Å²) < 4.78 is 28.3. The molecule has 0 unspecified atom stereocenters. The molecule has 0 fully saturated rings. The van der Waals surface area contributed by atoms with Crippen LogP contribution in [0.1, 0.15) is 33.6 Å². The SMILES string of the molecule is CCn1cnc(S(=O)(=O)NC(C#N)(CC)CC)c1. The molecule has 0 aliphatic rings. The molecule has 0 radical (unpaired) electrons. The number of sulfonamides is 1. The van der Waals surface area contributed by atoms with Crippen LogP contribution in [0.2, 0.25) is 0 Å². The zero-order valence-corrected chi connectivity index (χ0v) is 11.7. The van der Waals surface area contributed by atoms with E-state index >= 15 is 0 Å². The average Bonchev–Trinajstić information content (AvgIpc) is 2.85. The Kier molecular flexibility index (Phi) is 4.48. The van der Waals surface area contributed by atoms with Crippen LogP contribution in [0.15, 0.2) is 17.6 Å². The molecule has 100 valence electrons. The summed E-state index contributed by atoms with van der Waals surface area (Å²) in [7, 11) is -3.75. The Hall–Kier alpha value is -1.39. The molecule has 0 saturated carbocycles. The molecular formula is C11H18N4O2S. The van der Waals surface area contributed by atoms with Gasteiger partial charge >= 0.3 is 0 Å². The summed E-state index contributed by atoms with van der Waals surface area (Å²) in [6.07, 6.45) is 3.73. The van der Waals surface area contributed by atoms with Gasteiger partial charge in [0.1, 0.15) is 5.54 Å². The summed E-state index contributed by atoms with van der Waals surface area (Å²) in [6.45, 7) is 6.09. The minimum absolute atomic E-state index is 0.0501. The Bertz CT molecular complexity index is 538. The quantitative estimate of drug-likeness (QED) is 0.843. The van der Waals surface area contributed by atoms with Crippen molar-refractivity contribution in [2.75, 3.05) is 0 Å². The molecule has 0 atom stereocenters. The van der Waals surface area contributed by atoms with E-state index in [1.807, 2.05) is 13.0 Å². The fraction of sp³-hybridized carbons (Fsp3) is 0.636. The number of imidazole rings is 1. The predicted molar refractivity (Wildman–Crippen MR) is 67.1 cm³/mol. The first kappa shape index (κ1) is 14.7. The van der Waals surface area contributed by atoms with Crippen molar-refractivity contribution in [3.63, 3.8) is 0 Å². The summed E-state index contributed by atoms with van der Waals surface area (Å²) in [4.78, 5) is 3.85. The van der Waals surface area contributed by atoms with E-state index < -0.39 is 15.6 Å².